The van der Waals surface area contributed by atoms with Gasteiger partial charge in [0.2, 0.25) is 0 Å². The van der Waals surface area contributed by atoms with Crippen molar-refractivity contribution in [1.82, 2.24) is 19.7 Å². The van der Waals surface area contributed by atoms with Crippen LogP contribution in [0.1, 0.15) is 54.3 Å². The molecule has 3 rings (SSSR count). The highest BCUT2D eigenvalue weighted by Crippen LogP contribution is 2.38. The van der Waals surface area contributed by atoms with Gasteiger partial charge in [-0.3, -0.25) is 4.68 Å². The summed E-state index contributed by atoms with van der Waals surface area (Å²) in [4.78, 5) is 11.7. The quantitative estimate of drug-likeness (QED) is 0.874. The molecule has 0 spiro atoms. The average Bonchev–Trinajstić information content (AvgIpc) is 3.04. The molecule has 118 valence electrons. The molecule has 2 aromatic rings. The molecular formula is C17H25N5. The van der Waals surface area contributed by atoms with Gasteiger partial charge in [-0.1, -0.05) is 6.92 Å². The number of nitrogens with zero attached hydrogens (tertiary/aromatic N) is 5. The van der Waals surface area contributed by atoms with Crippen LogP contribution in [-0.2, 0) is 13.5 Å². The predicted octanol–water partition coefficient (Wildman–Crippen LogP) is 3.04. The molecule has 0 radical (unpaired) electrons. The van der Waals surface area contributed by atoms with Gasteiger partial charge >= 0.3 is 0 Å². The standard InChI is InChI=1S/C17H25N5/c1-6-15-18-11(2)10-16(19-15)22-9-7-8-14(22)17-12(3)20-21(5)13(17)4/h10,14H,6-9H2,1-5H3/t14-/m0/s1. The monoisotopic (exact) mass is 299 g/mol. The lowest BCUT2D eigenvalue weighted by molar-refractivity contribution is 0.689. The molecule has 5 heteroatoms. The Morgan fingerprint density at radius 1 is 1.23 bits per heavy atom. The summed E-state index contributed by atoms with van der Waals surface area (Å²) >= 11 is 0. The predicted molar refractivity (Wildman–Crippen MR) is 88.2 cm³/mol. The molecule has 3 heterocycles. The van der Waals surface area contributed by atoms with Crippen LogP contribution in [0, 0.1) is 20.8 Å². The first kappa shape index (κ1) is 15.0. The summed E-state index contributed by atoms with van der Waals surface area (Å²) in [5.74, 6) is 2.00. The van der Waals surface area contributed by atoms with E-state index in [9.17, 15) is 0 Å². The van der Waals surface area contributed by atoms with E-state index in [-0.39, 0.29) is 0 Å². The van der Waals surface area contributed by atoms with Gasteiger partial charge in [0.05, 0.1) is 11.7 Å². The van der Waals surface area contributed by atoms with Gasteiger partial charge in [0, 0.05) is 43.0 Å². The molecule has 0 aromatic carbocycles. The van der Waals surface area contributed by atoms with Crippen molar-refractivity contribution in [2.24, 2.45) is 7.05 Å². The third kappa shape index (κ3) is 2.49. The first-order valence-electron chi connectivity index (χ1n) is 8.12. The average molecular weight is 299 g/mol. The molecule has 1 aliphatic rings. The third-order valence-corrected chi connectivity index (χ3v) is 4.65. The van der Waals surface area contributed by atoms with Crippen molar-refractivity contribution >= 4 is 5.82 Å². The van der Waals surface area contributed by atoms with Crippen molar-refractivity contribution in [2.75, 3.05) is 11.4 Å². The minimum atomic E-state index is 0.382. The highest BCUT2D eigenvalue weighted by atomic mass is 15.3. The Labute approximate surface area is 132 Å². The van der Waals surface area contributed by atoms with Crippen molar-refractivity contribution in [1.29, 1.82) is 0 Å². The lowest BCUT2D eigenvalue weighted by Gasteiger charge is -2.27. The molecule has 0 aliphatic carbocycles. The Balaban J connectivity index is 2.02. The molecule has 1 aliphatic heterocycles. The van der Waals surface area contributed by atoms with E-state index in [0.717, 1.165) is 42.4 Å². The Hall–Kier alpha value is -1.91. The first-order chi connectivity index (χ1) is 10.5. The fraction of sp³-hybridized carbons (Fsp3) is 0.588. The number of aromatic nitrogens is 4. The third-order valence-electron chi connectivity index (χ3n) is 4.65. The summed E-state index contributed by atoms with van der Waals surface area (Å²) in [6.45, 7) is 9.49. The molecule has 1 fully saturated rings. The van der Waals surface area contributed by atoms with Crippen molar-refractivity contribution < 1.29 is 0 Å². The SMILES string of the molecule is CCc1nc(C)cc(N2CCC[C@H]2c2c(C)nn(C)c2C)n1. The van der Waals surface area contributed by atoms with E-state index < -0.39 is 0 Å². The highest BCUT2D eigenvalue weighted by Gasteiger charge is 2.31. The van der Waals surface area contributed by atoms with Crippen LogP contribution in [0.4, 0.5) is 5.82 Å². The summed E-state index contributed by atoms with van der Waals surface area (Å²) in [5.41, 5.74) is 4.82. The zero-order chi connectivity index (χ0) is 15.9. The lowest BCUT2D eigenvalue weighted by atomic mass is 10.0. The van der Waals surface area contributed by atoms with Crippen LogP contribution in [0.15, 0.2) is 6.07 Å². The highest BCUT2D eigenvalue weighted by molar-refractivity contribution is 5.46. The van der Waals surface area contributed by atoms with Crippen LogP contribution in [0.25, 0.3) is 0 Å². The van der Waals surface area contributed by atoms with Gasteiger partial charge < -0.3 is 4.90 Å². The Kier molecular flexibility index (Phi) is 3.89. The summed E-state index contributed by atoms with van der Waals surface area (Å²) < 4.78 is 1.99. The number of rotatable bonds is 3. The maximum Gasteiger partial charge on any atom is 0.133 e. The molecule has 1 atom stereocenters. The normalized spacial score (nSPS) is 18.2. The summed E-state index contributed by atoms with van der Waals surface area (Å²) in [6, 6.07) is 2.49. The summed E-state index contributed by atoms with van der Waals surface area (Å²) in [5, 5.41) is 4.59. The van der Waals surface area contributed by atoms with Gasteiger partial charge in [-0.2, -0.15) is 5.10 Å². The Bertz CT molecular complexity index is 689. The minimum absolute atomic E-state index is 0.382. The number of aryl methyl sites for hydroxylation is 4. The topological polar surface area (TPSA) is 46.8 Å². The van der Waals surface area contributed by atoms with Crippen molar-refractivity contribution in [3.63, 3.8) is 0 Å². The van der Waals surface area contributed by atoms with Crippen LogP contribution in [-0.4, -0.2) is 26.3 Å². The molecule has 22 heavy (non-hydrogen) atoms. The van der Waals surface area contributed by atoms with E-state index in [1.807, 2.05) is 11.7 Å². The molecule has 0 unspecified atom stereocenters. The second-order valence-corrected chi connectivity index (χ2v) is 6.20. The van der Waals surface area contributed by atoms with E-state index in [4.69, 9.17) is 4.98 Å². The minimum Gasteiger partial charge on any atom is -0.349 e. The molecule has 1 saturated heterocycles. The van der Waals surface area contributed by atoms with Crippen LogP contribution < -0.4 is 4.90 Å². The molecule has 2 aromatic heterocycles. The fourth-order valence-electron chi connectivity index (χ4n) is 3.53. The van der Waals surface area contributed by atoms with E-state index >= 15 is 0 Å². The lowest BCUT2D eigenvalue weighted by Crippen LogP contribution is -2.25. The molecule has 0 amide bonds. The van der Waals surface area contributed by atoms with Crippen molar-refractivity contribution in [3.05, 3.63) is 34.5 Å². The Morgan fingerprint density at radius 3 is 2.64 bits per heavy atom. The van der Waals surface area contributed by atoms with Gasteiger partial charge in [-0.25, -0.2) is 9.97 Å². The van der Waals surface area contributed by atoms with Crippen LogP contribution in [0.3, 0.4) is 0 Å². The second kappa shape index (κ2) is 5.71. The van der Waals surface area contributed by atoms with Gasteiger partial charge in [0.1, 0.15) is 11.6 Å². The molecule has 5 nitrogen and oxygen atoms in total. The smallest absolute Gasteiger partial charge is 0.133 e. The molecule has 0 N–H and O–H groups in total. The van der Waals surface area contributed by atoms with E-state index in [1.54, 1.807) is 0 Å². The maximum absolute atomic E-state index is 4.76. The van der Waals surface area contributed by atoms with Crippen LogP contribution >= 0.6 is 0 Å². The number of anilines is 1. The zero-order valence-corrected chi connectivity index (χ0v) is 14.2. The van der Waals surface area contributed by atoms with E-state index in [1.165, 1.54) is 17.7 Å². The van der Waals surface area contributed by atoms with E-state index in [0.29, 0.717) is 6.04 Å². The van der Waals surface area contributed by atoms with Crippen molar-refractivity contribution in [2.45, 2.75) is 53.0 Å². The fourth-order valence-corrected chi connectivity index (χ4v) is 3.53. The molecule has 0 bridgehead atoms. The van der Waals surface area contributed by atoms with Gasteiger partial charge in [-0.05, 0) is 33.6 Å². The largest absolute Gasteiger partial charge is 0.349 e. The molecular weight excluding hydrogens is 274 g/mol. The van der Waals surface area contributed by atoms with Gasteiger partial charge in [0.15, 0.2) is 0 Å². The van der Waals surface area contributed by atoms with Crippen LogP contribution in [0.5, 0.6) is 0 Å². The van der Waals surface area contributed by atoms with E-state index in [2.05, 4.69) is 48.7 Å². The van der Waals surface area contributed by atoms with Gasteiger partial charge in [0.25, 0.3) is 0 Å². The molecule has 0 saturated carbocycles. The zero-order valence-electron chi connectivity index (χ0n) is 14.2. The van der Waals surface area contributed by atoms with Gasteiger partial charge in [-0.15, -0.1) is 0 Å². The van der Waals surface area contributed by atoms with Crippen molar-refractivity contribution in [3.8, 4) is 0 Å². The summed E-state index contributed by atoms with van der Waals surface area (Å²) in [6.07, 6.45) is 3.24. The second-order valence-electron chi connectivity index (χ2n) is 6.20. The van der Waals surface area contributed by atoms with Crippen LogP contribution in [0.2, 0.25) is 0 Å². The number of hydrogen-bond donors (Lipinski definition) is 0. The Morgan fingerprint density at radius 2 is 2.00 bits per heavy atom. The first-order valence-corrected chi connectivity index (χ1v) is 8.12. The number of hydrogen-bond acceptors (Lipinski definition) is 4. The summed E-state index contributed by atoms with van der Waals surface area (Å²) in [7, 11) is 2.02. The maximum atomic E-state index is 4.76.